The zero-order valence-corrected chi connectivity index (χ0v) is 17.6. The van der Waals surface area contributed by atoms with Gasteiger partial charge in [-0.15, -0.1) is 35.3 Å². The van der Waals surface area contributed by atoms with Crippen molar-refractivity contribution in [2.24, 2.45) is 4.99 Å². The van der Waals surface area contributed by atoms with Gasteiger partial charge in [-0.25, -0.2) is 0 Å². The van der Waals surface area contributed by atoms with Crippen LogP contribution in [0.25, 0.3) is 0 Å². The minimum Gasteiger partial charge on any atom is -0.496 e. The Bertz CT molecular complexity index is 616. The maximum atomic E-state index is 5.39. The molecule has 0 atom stereocenters. The number of aliphatic imine (C=N–C) groups is 1. The largest absolute Gasteiger partial charge is 0.496 e. The Kier molecular flexibility index (Phi) is 9.78. The number of thiophene rings is 1. The fourth-order valence-corrected chi connectivity index (χ4v) is 3.14. The molecule has 0 radical (unpaired) electrons. The van der Waals surface area contributed by atoms with Crippen molar-refractivity contribution in [2.45, 2.75) is 12.8 Å². The minimum atomic E-state index is 0. The molecule has 2 rings (SSSR count). The third kappa shape index (κ3) is 6.32. The number of hydrogen-bond donors (Lipinski definition) is 1. The monoisotopic (exact) mass is 459 g/mol. The molecule has 0 bridgehead atoms. The lowest BCUT2D eigenvalue weighted by atomic mass is 10.1. The van der Waals surface area contributed by atoms with E-state index in [0.717, 1.165) is 37.6 Å². The molecule has 0 saturated carbocycles. The molecular weight excluding hydrogens is 433 g/mol. The molecule has 6 heteroatoms. The molecule has 4 nitrogen and oxygen atoms in total. The first-order valence-corrected chi connectivity index (χ1v) is 8.68. The van der Waals surface area contributed by atoms with Gasteiger partial charge in [0.25, 0.3) is 0 Å². The number of halogens is 1. The molecule has 0 fully saturated rings. The Balaban J connectivity index is 0.00000288. The number of guanidine groups is 1. The van der Waals surface area contributed by atoms with Crippen LogP contribution in [0, 0.1) is 0 Å². The number of benzene rings is 1. The van der Waals surface area contributed by atoms with Crippen LogP contribution in [-0.2, 0) is 12.8 Å². The number of hydrogen-bond acceptors (Lipinski definition) is 3. The minimum absolute atomic E-state index is 0. The lowest BCUT2D eigenvalue weighted by Gasteiger charge is -2.22. The quantitative estimate of drug-likeness (QED) is 0.390. The molecule has 1 aromatic heterocycles. The number of likely N-dealkylation sites (N-methyl/N-ethyl adjacent to an activating group) is 1. The number of methoxy groups -OCH3 is 1. The van der Waals surface area contributed by atoms with Crippen LogP contribution in [0.2, 0.25) is 0 Å². The maximum absolute atomic E-state index is 5.39. The van der Waals surface area contributed by atoms with Gasteiger partial charge < -0.3 is 15.0 Å². The van der Waals surface area contributed by atoms with E-state index in [1.54, 1.807) is 18.4 Å². The molecule has 0 amide bonds. The van der Waals surface area contributed by atoms with Crippen molar-refractivity contribution in [1.82, 2.24) is 10.2 Å². The van der Waals surface area contributed by atoms with Gasteiger partial charge in [0, 0.05) is 32.1 Å². The summed E-state index contributed by atoms with van der Waals surface area (Å²) in [6, 6.07) is 12.4. The van der Waals surface area contributed by atoms with E-state index >= 15 is 0 Å². The first-order valence-electron chi connectivity index (χ1n) is 7.80. The van der Waals surface area contributed by atoms with Crippen LogP contribution in [0.1, 0.15) is 10.4 Å². The van der Waals surface area contributed by atoms with Gasteiger partial charge in [0.15, 0.2) is 5.96 Å². The lowest BCUT2D eigenvalue weighted by molar-refractivity contribution is 0.409. The van der Waals surface area contributed by atoms with Crippen molar-refractivity contribution in [3.63, 3.8) is 0 Å². The van der Waals surface area contributed by atoms with Crippen LogP contribution in [-0.4, -0.2) is 45.2 Å². The number of ether oxygens (including phenoxy) is 1. The summed E-state index contributed by atoms with van der Waals surface area (Å²) in [7, 11) is 5.61. The Morgan fingerprint density at radius 3 is 2.67 bits per heavy atom. The highest BCUT2D eigenvalue weighted by molar-refractivity contribution is 14.0. The van der Waals surface area contributed by atoms with E-state index in [1.807, 2.05) is 25.2 Å². The molecule has 132 valence electrons. The topological polar surface area (TPSA) is 36.9 Å². The molecule has 0 saturated heterocycles. The predicted molar refractivity (Wildman–Crippen MR) is 114 cm³/mol. The van der Waals surface area contributed by atoms with Crippen molar-refractivity contribution < 1.29 is 4.74 Å². The molecule has 2 aromatic rings. The van der Waals surface area contributed by atoms with Crippen molar-refractivity contribution in [1.29, 1.82) is 0 Å². The average molecular weight is 459 g/mol. The summed E-state index contributed by atoms with van der Waals surface area (Å²) in [5, 5.41) is 5.54. The SMILES string of the molecule is CN=C(NCCc1ccccc1OC)N(C)CCc1cccs1.I. The molecule has 24 heavy (non-hydrogen) atoms. The first kappa shape index (κ1) is 20.8. The number of nitrogens with one attached hydrogen (secondary N) is 1. The van der Waals surface area contributed by atoms with Gasteiger partial charge in [0.2, 0.25) is 0 Å². The van der Waals surface area contributed by atoms with Crippen LogP contribution in [0.4, 0.5) is 0 Å². The van der Waals surface area contributed by atoms with Crippen molar-refractivity contribution in [3.8, 4) is 5.75 Å². The smallest absolute Gasteiger partial charge is 0.193 e. The van der Waals surface area contributed by atoms with Crippen LogP contribution in [0.3, 0.4) is 0 Å². The zero-order chi connectivity index (χ0) is 16.5. The van der Waals surface area contributed by atoms with E-state index in [9.17, 15) is 0 Å². The van der Waals surface area contributed by atoms with Gasteiger partial charge in [-0.3, -0.25) is 4.99 Å². The fourth-order valence-electron chi connectivity index (χ4n) is 2.44. The molecule has 1 heterocycles. The third-order valence-electron chi connectivity index (χ3n) is 3.72. The van der Waals surface area contributed by atoms with Gasteiger partial charge in [-0.1, -0.05) is 24.3 Å². The molecule has 0 aliphatic carbocycles. The van der Waals surface area contributed by atoms with Crippen LogP contribution >= 0.6 is 35.3 Å². The summed E-state index contributed by atoms with van der Waals surface area (Å²) >= 11 is 1.80. The molecule has 0 unspecified atom stereocenters. The van der Waals surface area contributed by atoms with E-state index in [2.05, 4.69) is 45.8 Å². The predicted octanol–water partition coefficient (Wildman–Crippen LogP) is 3.67. The number of para-hydroxylation sites is 1. The number of nitrogens with zero attached hydrogens (tertiary/aromatic N) is 2. The van der Waals surface area contributed by atoms with Crippen LogP contribution in [0.15, 0.2) is 46.8 Å². The molecule has 0 spiro atoms. The summed E-state index contributed by atoms with van der Waals surface area (Å²) in [4.78, 5) is 7.94. The third-order valence-corrected chi connectivity index (χ3v) is 4.65. The van der Waals surface area contributed by atoms with Gasteiger partial charge >= 0.3 is 0 Å². The summed E-state index contributed by atoms with van der Waals surface area (Å²) in [6.45, 7) is 1.78. The van der Waals surface area contributed by atoms with Crippen molar-refractivity contribution in [3.05, 3.63) is 52.2 Å². The Hall–Kier alpha value is -1.28. The van der Waals surface area contributed by atoms with Crippen molar-refractivity contribution in [2.75, 3.05) is 34.3 Å². The Labute approximate surface area is 166 Å². The van der Waals surface area contributed by atoms with E-state index in [0.29, 0.717) is 0 Å². The molecule has 0 aliphatic heterocycles. The van der Waals surface area contributed by atoms with E-state index in [-0.39, 0.29) is 24.0 Å². The summed E-state index contributed by atoms with van der Waals surface area (Å²) in [5.74, 6) is 1.87. The molecular formula is C18H26IN3OS. The van der Waals surface area contributed by atoms with Gasteiger partial charge in [-0.05, 0) is 35.9 Å². The second-order valence-corrected chi connectivity index (χ2v) is 6.32. The lowest BCUT2D eigenvalue weighted by Crippen LogP contribution is -2.40. The summed E-state index contributed by atoms with van der Waals surface area (Å²) in [6.07, 6.45) is 1.95. The molecule has 1 aromatic carbocycles. The molecule has 1 N–H and O–H groups in total. The fraction of sp³-hybridized carbons (Fsp3) is 0.389. The normalized spacial score (nSPS) is 10.9. The highest BCUT2D eigenvalue weighted by Gasteiger charge is 2.07. The maximum Gasteiger partial charge on any atom is 0.193 e. The zero-order valence-electron chi connectivity index (χ0n) is 14.5. The van der Waals surface area contributed by atoms with E-state index < -0.39 is 0 Å². The van der Waals surface area contributed by atoms with Gasteiger partial charge in [-0.2, -0.15) is 0 Å². The highest BCUT2D eigenvalue weighted by atomic mass is 127. The standard InChI is InChI=1S/C18H25N3OS.HI/c1-19-18(21(2)13-11-16-8-6-14-23-16)20-12-10-15-7-4-5-9-17(15)22-3;/h4-9,14H,10-13H2,1-3H3,(H,19,20);1H. The first-order chi connectivity index (χ1) is 11.2. The average Bonchev–Trinajstić information content (AvgIpc) is 3.10. The Morgan fingerprint density at radius 2 is 2.00 bits per heavy atom. The second-order valence-electron chi connectivity index (χ2n) is 5.29. The molecule has 0 aliphatic rings. The highest BCUT2D eigenvalue weighted by Crippen LogP contribution is 2.17. The van der Waals surface area contributed by atoms with Gasteiger partial charge in [0.1, 0.15) is 5.75 Å². The van der Waals surface area contributed by atoms with Crippen LogP contribution < -0.4 is 10.1 Å². The Morgan fingerprint density at radius 1 is 1.21 bits per heavy atom. The van der Waals surface area contributed by atoms with Gasteiger partial charge in [0.05, 0.1) is 7.11 Å². The van der Waals surface area contributed by atoms with E-state index in [4.69, 9.17) is 4.74 Å². The summed E-state index contributed by atoms with van der Waals surface area (Å²) in [5.41, 5.74) is 1.21. The second kappa shape index (κ2) is 11.3. The summed E-state index contributed by atoms with van der Waals surface area (Å²) < 4.78 is 5.39. The van der Waals surface area contributed by atoms with Crippen molar-refractivity contribution >= 4 is 41.3 Å². The van der Waals surface area contributed by atoms with E-state index in [1.165, 1.54) is 10.4 Å². The number of rotatable bonds is 7. The van der Waals surface area contributed by atoms with Crippen LogP contribution in [0.5, 0.6) is 5.75 Å².